The quantitative estimate of drug-likeness (QED) is 0.677. The van der Waals surface area contributed by atoms with Gasteiger partial charge in [-0.15, -0.1) is 0 Å². The Kier molecular flexibility index (Phi) is 5.58. The van der Waals surface area contributed by atoms with Gasteiger partial charge in [0.25, 0.3) is 0 Å². The third-order valence-corrected chi connectivity index (χ3v) is 3.99. The summed E-state index contributed by atoms with van der Waals surface area (Å²) < 4.78 is 0. The molecule has 134 valence electrons. The Bertz CT molecular complexity index is 831. The lowest BCUT2D eigenvalue weighted by atomic mass is 10.2. The van der Waals surface area contributed by atoms with Crippen molar-refractivity contribution < 1.29 is 0 Å². The lowest BCUT2D eigenvalue weighted by molar-refractivity contribution is 0.830. The predicted molar refractivity (Wildman–Crippen MR) is 104 cm³/mol. The first-order valence-corrected chi connectivity index (χ1v) is 8.52. The predicted octanol–water partition coefficient (Wildman–Crippen LogP) is 2.45. The van der Waals surface area contributed by atoms with Crippen molar-refractivity contribution in [2.75, 3.05) is 29.5 Å². The van der Waals surface area contributed by atoms with Crippen molar-refractivity contribution in [1.82, 2.24) is 19.9 Å². The number of pyridine rings is 2. The van der Waals surface area contributed by atoms with Gasteiger partial charge in [-0.3, -0.25) is 4.98 Å². The number of anilines is 3. The minimum Gasteiger partial charge on any atom is -0.368 e. The second-order valence-corrected chi connectivity index (χ2v) is 6.09. The van der Waals surface area contributed by atoms with E-state index in [9.17, 15) is 0 Å². The van der Waals surface area contributed by atoms with Crippen LogP contribution in [0.15, 0.2) is 48.8 Å². The van der Waals surface area contributed by atoms with E-state index in [0.29, 0.717) is 12.4 Å². The summed E-state index contributed by atoms with van der Waals surface area (Å²) in [6.07, 6.45) is 4.49. The molecular weight excluding hydrogens is 326 g/mol. The van der Waals surface area contributed by atoms with E-state index in [1.807, 2.05) is 56.7 Å². The molecule has 0 unspecified atom stereocenters. The fraction of sp³-hybridized carbons (Fsp3) is 0.263. The summed E-state index contributed by atoms with van der Waals surface area (Å²) in [7, 11) is 2.04. The van der Waals surface area contributed by atoms with Crippen LogP contribution in [0.3, 0.4) is 0 Å². The number of aromatic nitrogens is 4. The minimum atomic E-state index is 0.270. The van der Waals surface area contributed by atoms with Crippen LogP contribution < -0.4 is 16.0 Å². The van der Waals surface area contributed by atoms with Crippen LogP contribution in [0.25, 0.3) is 0 Å². The monoisotopic (exact) mass is 349 g/mol. The molecule has 26 heavy (non-hydrogen) atoms. The van der Waals surface area contributed by atoms with Gasteiger partial charge < -0.3 is 16.0 Å². The van der Waals surface area contributed by atoms with E-state index < -0.39 is 0 Å². The highest BCUT2D eigenvalue weighted by molar-refractivity contribution is 5.49. The topological polar surface area (TPSA) is 92.9 Å². The number of rotatable bonds is 7. The third kappa shape index (κ3) is 4.66. The summed E-state index contributed by atoms with van der Waals surface area (Å²) in [6.45, 7) is 3.33. The molecule has 3 aromatic heterocycles. The first kappa shape index (κ1) is 17.6. The highest BCUT2D eigenvalue weighted by Gasteiger charge is 2.10. The van der Waals surface area contributed by atoms with Crippen molar-refractivity contribution in [3.8, 4) is 0 Å². The van der Waals surface area contributed by atoms with Crippen molar-refractivity contribution in [2.24, 2.45) is 0 Å². The molecule has 0 aliphatic heterocycles. The molecule has 0 saturated heterocycles. The fourth-order valence-electron chi connectivity index (χ4n) is 2.71. The number of nitrogen functional groups attached to an aromatic ring is 1. The third-order valence-electron chi connectivity index (χ3n) is 3.99. The number of nitrogens with zero attached hydrogens (tertiary/aromatic N) is 5. The second-order valence-electron chi connectivity index (χ2n) is 6.09. The SMILES string of the molecule is Cc1cc(NCc2cccnc2N(C)CCc2ccccn2)nc(N)n1. The first-order chi connectivity index (χ1) is 12.6. The molecular formula is C19H23N7. The van der Waals surface area contributed by atoms with E-state index in [1.165, 1.54) is 0 Å². The summed E-state index contributed by atoms with van der Waals surface area (Å²) in [5.41, 5.74) is 8.70. The summed E-state index contributed by atoms with van der Waals surface area (Å²) in [5, 5.41) is 3.30. The van der Waals surface area contributed by atoms with Crippen molar-refractivity contribution in [3.63, 3.8) is 0 Å². The van der Waals surface area contributed by atoms with Crippen molar-refractivity contribution in [3.05, 3.63) is 65.7 Å². The molecule has 3 rings (SSSR count). The van der Waals surface area contributed by atoms with E-state index in [4.69, 9.17) is 5.73 Å². The largest absolute Gasteiger partial charge is 0.368 e. The summed E-state index contributed by atoms with van der Waals surface area (Å²) >= 11 is 0. The summed E-state index contributed by atoms with van der Waals surface area (Å²) in [4.78, 5) is 19.4. The Morgan fingerprint density at radius 3 is 2.69 bits per heavy atom. The number of nitrogens with one attached hydrogen (secondary N) is 1. The molecule has 3 N–H and O–H groups in total. The van der Waals surface area contributed by atoms with E-state index in [2.05, 4.69) is 36.2 Å². The molecule has 0 aromatic carbocycles. The van der Waals surface area contributed by atoms with Crippen molar-refractivity contribution in [2.45, 2.75) is 19.9 Å². The highest BCUT2D eigenvalue weighted by atomic mass is 15.2. The molecule has 0 aliphatic carbocycles. The summed E-state index contributed by atoms with van der Waals surface area (Å²) in [6, 6.07) is 11.8. The Balaban J connectivity index is 1.67. The smallest absolute Gasteiger partial charge is 0.222 e. The van der Waals surface area contributed by atoms with Crippen LogP contribution in [0.4, 0.5) is 17.6 Å². The maximum atomic E-state index is 5.71. The fourth-order valence-corrected chi connectivity index (χ4v) is 2.71. The highest BCUT2D eigenvalue weighted by Crippen LogP contribution is 2.18. The molecule has 0 radical (unpaired) electrons. The average molecular weight is 349 g/mol. The van der Waals surface area contributed by atoms with Crippen LogP contribution in [-0.2, 0) is 13.0 Å². The molecule has 7 nitrogen and oxygen atoms in total. The number of nitrogens with two attached hydrogens (primary N) is 1. The van der Waals surface area contributed by atoms with Crippen molar-refractivity contribution >= 4 is 17.6 Å². The molecule has 0 atom stereocenters. The molecule has 0 bridgehead atoms. The van der Waals surface area contributed by atoms with Crippen LogP contribution in [0.1, 0.15) is 17.0 Å². The second kappa shape index (κ2) is 8.24. The maximum Gasteiger partial charge on any atom is 0.222 e. The molecule has 7 heteroatoms. The van der Waals surface area contributed by atoms with Gasteiger partial charge in [-0.1, -0.05) is 12.1 Å². The van der Waals surface area contributed by atoms with Gasteiger partial charge in [0.2, 0.25) is 5.95 Å². The van der Waals surface area contributed by atoms with Gasteiger partial charge >= 0.3 is 0 Å². The molecule has 0 amide bonds. The molecule has 3 aromatic rings. The van der Waals surface area contributed by atoms with Crippen LogP contribution in [0.2, 0.25) is 0 Å². The zero-order valence-electron chi connectivity index (χ0n) is 15.1. The van der Waals surface area contributed by atoms with Gasteiger partial charge in [0.15, 0.2) is 0 Å². The normalized spacial score (nSPS) is 10.5. The standard InChI is InChI=1S/C19H23N7/c1-14-12-17(25-19(20)24-14)23-13-15-6-5-10-22-18(15)26(2)11-8-16-7-3-4-9-21-16/h3-7,9-10,12H,8,11,13H2,1-2H3,(H3,20,23,24,25). The number of aryl methyl sites for hydroxylation is 1. The summed E-state index contributed by atoms with van der Waals surface area (Å²) in [5.74, 6) is 1.92. The lowest BCUT2D eigenvalue weighted by Gasteiger charge is -2.21. The Hall–Kier alpha value is -3.22. The molecule has 0 aliphatic rings. The van der Waals surface area contributed by atoms with E-state index in [-0.39, 0.29) is 5.95 Å². The minimum absolute atomic E-state index is 0.270. The maximum absolute atomic E-state index is 5.71. The van der Waals surface area contributed by atoms with E-state index in [0.717, 1.165) is 35.7 Å². The molecule has 0 spiro atoms. The zero-order chi connectivity index (χ0) is 18.4. The van der Waals surface area contributed by atoms with E-state index in [1.54, 1.807) is 0 Å². The average Bonchev–Trinajstić information content (AvgIpc) is 2.65. The van der Waals surface area contributed by atoms with Gasteiger partial charge in [0.05, 0.1) is 0 Å². The number of likely N-dealkylation sites (N-methyl/N-ethyl adjacent to an activating group) is 1. The molecule has 0 saturated carbocycles. The van der Waals surface area contributed by atoms with Crippen LogP contribution in [-0.4, -0.2) is 33.5 Å². The van der Waals surface area contributed by atoms with Crippen molar-refractivity contribution in [1.29, 1.82) is 0 Å². The zero-order valence-corrected chi connectivity index (χ0v) is 15.1. The Morgan fingerprint density at radius 1 is 1.08 bits per heavy atom. The van der Waals surface area contributed by atoms with Gasteiger partial charge in [-0.05, 0) is 25.1 Å². The number of hydrogen-bond acceptors (Lipinski definition) is 7. The van der Waals surface area contributed by atoms with Crippen LogP contribution >= 0.6 is 0 Å². The van der Waals surface area contributed by atoms with Gasteiger partial charge in [-0.2, -0.15) is 4.98 Å². The van der Waals surface area contributed by atoms with E-state index >= 15 is 0 Å². The van der Waals surface area contributed by atoms with Crippen LogP contribution in [0, 0.1) is 6.92 Å². The Labute approximate surface area is 153 Å². The van der Waals surface area contributed by atoms with Gasteiger partial charge in [0.1, 0.15) is 11.6 Å². The number of hydrogen-bond donors (Lipinski definition) is 2. The van der Waals surface area contributed by atoms with Gasteiger partial charge in [0, 0.05) is 62.0 Å². The lowest BCUT2D eigenvalue weighted by Crippen LogP contribution is -2.23. The van der Waals surface area contributed by atoms with Crippen LogP contribution in [0.5, 0.6) is 0 Å². The molecule has 3 heterocycles. The van der Waals surface area contributed by atoms with Gasteiger partial charge in [-0.25, -0.2) is 9.97 Å². The molecule has 0 fully saturated rings. The first-order valence-electron chi connectivity index (χ1n) is 8.52. The Morgan fingerprint density at radius 2 is 1.92 bits per heavy atom.